The number of aliphatic hydroxyl groups excluding tert-OH is 8. The standard InChI is InChI=1S/C68H122O28/c1-47(2)7-6-8-48(3)52-11-12-54-53(52)13-14-56-55(54)10-9-49-41-50(15-16-68(49,56)4)92-40-39-91-46-59(72)93-45-51(94-66(78)63(76)62(75)65(57(71)42-69)96-67-64(77)61(74)60(73)58(43-70)95-67)44-90-38-37-89-36-35-88-34-33-87-32-31-86-30-29-85-28-27-84-26-25-83-24-23-82-22-21-81-20-19-80-18-17-79-5/h9,47-48,50-58,60-65,67,69-71,73-77H,6-8,10-46H2,1-5H3/t48?,50-,51?,52+,53?,54+,55-,56-,57+,58?,60?,61?,62+,63+,64+,65+,67?,68-/m0/s1. The van der Waals surface area contributed by atoms with Gasteiger partial charge in [-0.2, -0.15) is 0 Å². The van der Waals surface area contributed by atoms with Crippen LogP contribution in [0.25, 0.3) is 0 Å². The maximum atomic E-state index is 13.4. The molecule has 18 atom stereocenters. The van der Waals surface area contributed by atoms with Crippen molar-refractivity contribution in [1.29, 1.82) is 0 Å². The van der Waals surface area contributed by atoms with Crippen molar-refractivity contribution in [2.45, 2.75) is 166 Å². The van der Waals surface area contributed by atoms with E-state index in [-0.39, 0.29) is 57.8 Å². The molecule has 3 saturated carbocycles. The molecule has 0 aromatic rings. The molecule has 0 bridgehead atoms. The number of rotatable bonds is 57. The second-order valence-electron chi connectivity index (χ2n) is 26.3. The number of carbonyl (C=O) groups excluding carboxylic acids is 2. The SMILES string of the molecule is COCCOCCOCCOCCOCCOCCOCCOCCOCCOCCOCCOCC(COC(=O)COCCO[C@H]1CC[C@@]2(C)C(=CC[C@H]3[C@@H]4CC[C@H](C(C)CCCC(C)C)C4CC[C@@H]32)C1)OC(=O)[C@H](O)[C@@H](O)[C@H](OC1OC(CO)C(O)C(O)[C@H]1O)[C@H](O)CO. The van der Waals surface area contributed by atoms with Crippen LogP contribution in [-0.4, -0.2) is 319 Å². The van der Waals surface area contributed by atoms with Crippen molar-refractivity contribution in [3.05, 3.63) is 11.6 Å². The van der Waals surface area contributed by atoms with Crippen LogP contribution in [0.2, 0.25) is 0 Å². The molecule has 28 heteroatoms. The lowest BCUT2D eigenvalue weighted by Gasteiger charge is -2.55. The normalized spacial score (nSPS) is 27.7. The Morgan fingerprint density at radius 2 is 1.11 bits per heavy atom. The molecular formula is C68H122O28. The van der Waals surface area contributed by atoms with Gasteiger partial charge in [0.25, 0.3) is 0 Å². The summed E-state index contributed by atoms with van der Waals surface area (Å²) in [5.74, 6) is 3.36. The van der Waals surface area contributed by atoms with Gasteiger partial charge >= 0.3 is 11.9 Å². The van der Waals surface area contributed by atoms with E-state index in [2.05, 4.69) is 33.8 Å². The third-order valence-corrected chi connectivity index (χ3v) is 19.2. The van der Waals surface area contributed by atoms with Gasteiger partial charge in [0.1, 0.15) is 55.9 Å². The molecule has 7 unspecified atom stereocenters. The molecule has 1 saturated heterocycles. The number of esters is 2. The average Bonchev–Trinajstić information content (AvgIpc) is 1.32. The number of aliphatic hydroxyl groups is 8. The summed E-state index contributed by atoms with van der Waals surface area (Å²) in [7, 11) is 1.63. The third kappa shape index (κ3) is 30.3. The van der Waals surface area contributed by atoms with Gasteiger partial charge in [-0.1, -0.05) is 58.6 Å². The second kappa shape index (κ2) is 49.4. The van der Waals surface area contributed by atoms with Gasteiger partial charge in [-0.15, -0.1) is 0 Å². The predicted octanol–water partition coefficient (Wildman–Crippen LogP) is 1.58. The highest BCUT2D eigenvalue weighted by molar-refractivity contribution is 5.75. The Morgan fingerprint density at radius 1 is 0.594 bits per heavy atom. The third-order valence-electron chi connectivity index (χ3n) is 19.2. The molecule has 4 aliphatic carbocycles. The second-order valence-corrected chi connectivity index (χ2v) is 26.3. The predicted molar refractivity (Wildman–Crippen MR) is 344 cm³/mol. The summed E-state index contributed by atoms with van der Waals surface area (Å²) in [5.41, 5.74) is 1.73. The molecule has 0 radical (unpaired) electrons. The Balaban J connectivity index is 0.935. The molecule has 1 heterocycles. The van der Waals surface area contributed by atoms with Crippen molar-refractivity contribution in [2.75, 3.05) is 199 Å². The van der Waals surface area contributed by atoms with Crippen LogP contribution in [0.1, 0.15) is 98.3 Å². The van der Waals surface area contributed by atoms with Gasteiger partial charge in [-0.25, -0.2) is 9.59 Å². The smallest absolute Gasteiger partial charge is 0.338 e. The summed E-state index contributed by atoms with van der Waals surface area (Å²) >= 11 is 0. The molecule has 0 aromatic carbocycles. The van der Waals surface area contributed by atoms with Crippen LogP contribution in [0.15, 0.2) is 11.6 Å². The van der Waals surface area contributed by atoms with Crippen LogP contribution in [0.4, 0.5) is 0 Å². The van der Waals surface area contributed by atoms with Crippen LogP contribution < -0.4 is 0 Å². The van der Waals surface area contributed by atoms with E-state index in [9.17, 15) is 50.4 Å². The van der Waals surface area contributed by atoms with Crippen LogP contribution in [0, 0.1) is 46.8 Å². The van der Waals surface area contributed by atoms with Gasteiger partial charge in [0.05, 0.1) is 184 Å². The zero-order valence-electron chi connectivity index (χ0n) is 58.0. The number of allylic oxidation sites excluding steroid dienone is 1. The summed E-state index contributed by atoms with van der Waals surface area (Å²) in [6.07, 6.45) is -3.22. The van der Waals surface area contributed by atoms with Crippen molar-refractivity contribution in [3.63, 3.8) is 0 Å². The zero-order chi connectivity index (χ0) is 69.3. The topological polar surface area (TPSA) is 362 Å². The van der Waals surface area contributed by atoms with Crippen molar-refractivity contribution >= 4 is 11.9 Å². The van der Waals surface area contributed by atoms with E-state index >= 15 is 0 Å². The molecule has 5 aliphatic rings. The lowest BCUT2D eigenvalue weighted by molar-refractivity contribution is -0.326. The van der Waals surface area contributed by atoms with Crippen LogP contribution in [0.5, 0.6) is 0 Å². The highest BCUT2D eigenvalue weighted by Crippen LogP contribution is 2.63. The first-order valence-electron chi connectivity index (χ1n) is 35.2. The van der Waals surface area contributed by atoms with E-state index in [1.165, 1.54) is 56.9 Å². The highest BCUT2D eigenvalue weighted by atomic mass is 16.7. The molecule has 28 nitrogen and oxygen atoms in total. The summed E-state index contributed by atoms with van der Waals surface area (Å²) < 4.78 is 99.1. The Bertz CT molecular complexity index is 2030. The van der Waals surface area contributed by atoms with Crippen LogP contribution in [0.3, 0.4) is 0 Å². The number of ether oxygens (including phenoxy) is 18. The minimum absolute atomic E-state index is 0.0211. The van der Waals surface area contributed by atoms with Crippen LogP contribution in [-0.2, 0) is 94.9 Å². The molecule has 0 spiro atoms. The molecule has 0 amide bonds. The molecular weight excluding hydrogens is 1260 g/mol. The quantitative estimate of drug-likeness (QED) is 0.0243. The maximum Gasteiger partial charge on any atom is 0.338 e. The molecule has 0 aromatic heterocycles. The number of methoxy groups -OCH3 is 1. The summed E-state index contributed by atoms with van der Waals surface area (Å²) in [4.78, 5) is 26.4. The molecule has 96 heavy (non-hydrogen) atoms. The van der Waals surface area contributed by atoms with Gasteiger partial charge in [-0.3, -0.25) is 0 Å². The number of carbonyl (C=O) groups is 2. The first kappa shape index (κ1) is 84.4. The Labute approximate surface area is 568 Å². The fraction of sp³-hybridized carbons (Fsp3) is 0.941. The molecule has 4 fully saturated rings. The largest absolute Gasteiger partial charge is 0.460 e. The van der Waals surface area contributed by atoms with E-state index in [0.717, 1.165) is 60.7 Å². The summed E-state index contributed by atoms with van der Waals surface area (Å²) in [6, 6.07) is 0. The fourth-order valence-electron chi connectivity index (χ4n) is 14.0. The number of fused-ring (bicyclic) bond motifs is 5. The van der Waals surface area contributed by atoms with E-state index < -0.39 is 99.6 Å². The van der Waals surface area contributed by atoms with Gasteiger partial charge in [0.15, 0.2) is 18.5 Å². The maximum absolute atomic E-state index is 13.4. The van der Waals surface area contributed by atoms with E-state index in [4.69, 9.17) is 85.3 Å². The monoisotopic (exact) mass is 1390 g/mol. The first-order valence-corrected chi connectivity index (χ1v) is 35.2. The Morgan fingerprint density at radius 3 is 1.64 bits per heavy atom. The van der Waals surface area contributed by atoms with E-state index in [1.807, 2.05) is 0 Å². The fourth-order valence-corrected chi connectivity index (χ4v) is 14.0. The van der Waals surface area contributed by atoms with Gasteiger partial charge in [0, 0.05) is 7.11 Å². The minimum Gasteiger partial charge on any atom is -0.460 e. The zero-order valence-corrected chi connectivity index (χ0v) is 58.0. The lowest BCUT2D eigenvalue weighted by atomic mass is 9.50. The van der Waals surface area contributed by atoms with Gasteiger partial charge in [-0.05, 0) is 98.2 Å². The van der Waals surface area contributed by atoms with Gasteiger partial charge < -0.3 is 126 Å². The van der Waals surface area contributed by atoms with Crippen molar-refractivity contribution in [3.8, 4) is 0 Å². The number of hydrogen-bond donors (Lipinski definition) is 8. The van der Waals surface area contributed by atoms with Gasteiger partial charge in [0.2, 0.25) is 0 Å². The van der Waals surface area contributed by atoms with E-state index in [1.54, 1.807) is 7.11 Å². The average molecular weight is 1390 g/mol. The summed E-state index contributed by atoms with van der Waals surface area (Å²) in [5, 5.41) is 83.0. The number of hydrogen-bond acceptors (Lipinski definition) is 28. The van der Waals surface area contributed by atoms with E-state index in [0.29, 0.717) is 119 Å². The highest BCUT2D eigenvalue weighted by Gasteiger charge is 2.55. The first-order chi connectivity index (χ1) is 46.5. The van der Waals surface area contributed by atoms with Crippen LogP contribution >= 0.6 is 0 Å². The van der Waals surface area contributed by atoms with Crippen molar-refractivity contribution < 1.29 is 136 Å². The minimum atomic E-state index is -2.49. The summed E-state index contributed by atoms with van der Waals surface area (Å²) in [6.45, 7) is 15.3. The Kier molecular flexibility index (Phi) is 43.4. The lowest BCUT2D eigenvalue weighted by Crippen LogP contribution is -2.61. The van der Waals surface area contributed by atoms with Crippen molar-refractivity contribution in [2.24, 2.45) is 46.8 Å². The molecule has 1 aliphatic heterocycles. The molecule has 8 N–H and O–H groups in total. The molecule has 5 rings (SSSR count). The Hall–Kier alpha value is -2.28. The molecule has 562 valence electrons. The van der Waals surface area contributed by atoms with Crippen molar-refractivity contribution in [1.82, 2.24) is 0 Å².